The summed E-state index contributed by atoms with van der Waals surface area (Å²) in [4.78, 5) is 58.4. The van der Waals surface area contributed by atoms with Crippen LogP contribution in [0.3, 0.4) is 0 Å². The van der Waals surface area contributed by atoms with Crippen LogP contribution in [0.2, 0.25) is 0 Å². The van der Waals surface area contributed by atoms with Gasteiger partial charge in [-0.1, -0.05) is 38.8 Å². The molecule has 5 fully saturated rings. The molecule has 47 heavy (non-hydrogen) atoms. The van der Waals surface area contributed by atoms with Crippen molar-refractivity contribution >= 4 is 17.5 Å². The highest BCUT2D eigenvalue weighted by molar-refractivity contribution is 6.01. The standard InChI is InChI=1S/C34H49N3O10/c1-4-6-30-46-28-18-25-24-8-7-22-17-23(38)9-10-32(22,2)31(24)26(39)19-33(25,3)34(28,47-30)27(40)21-44-29(41)20-36-14-12-35(13-15-36)11-5-16-45-37(42)43/h9-10,17,24-26,28,30-31,39H,4-8,11-16,18-21H2,1-3H3/t24?,25?,26-,28+,30?,31?,32-,33-,34+/m0/s1. The molecule has 6 rings (SSSR count). The lowest BCUT2D eigenvalue weighted by Crippen LogP contribution is -2.63. The Labute approximate surface area is 275 Å². The molecular weight excluding hydrogens is 610 g/mol. The molecule has 6 aliphatic rings. The summed E-state index contributed by atoms with van der Waals surface area (Å²) >= 11 is 0. The van der Waals surface area contributed by atoms with Crippen molar-refractivity contribution in [2.75, 3.05) is 52.5 Å². The SMILES string of the molecule is CCCC1O[C@@H]2CC3C4CCC5=CC(=O)C=C[C@]5(C)C4[C@@H](O)C[C@]3(C)[C@]2(C(=O)COC(=O)CN2CCN(CCCO[N+](=O)[O-])CC2)O1. The van der Waals surface area contributed by atoms with Crippen molar-refractivity contribution in [3.63, 3.8) is 0 Å². The zero-order chi connectivity index (χ0) is 33.6. The van der Waals surface area contributed by atoms with Crippen molar-refractivity contribution in [3.05, 3.63) is 33.9 Å². The molecule has 9 atom stereocenters. The van der Waals surface area contributed by atoms with Gasteiger partial charge in [0.05, 0.1) is 25.4 Å². The third-order valence-electron chi connectivity index (χ3n) is 12.2. The van der Waals surface area contributed by atoms with Crippen molar-refractivity contribution in [2.24, 2.45) is 28.6 Å². The van der Waals surface area contributed by atoms with Crippen LogP contribution < -0.4 is 0 Å². The monoisotopic (exact) mass is 659 g/mol. The van der Waals surface area contributed by atoms with Crippen LogP contribution in [0, 0.1) is 38.7 Å². The van der Waals surface area contributed by atoms with E-state index in [4.69, 9.17) is 14.2 Å². The molecule has 4 unspecified atom stereocenters. The number of carbonyl (C=O) groups excluding carboxylic acids is 3. The van der Waals surface area contributed by atoms with Crippen LogP contribution >= 0.6 is 0 Å². The second-order valence-electron chi connectivity index (χ2n) is 14.8. The van der Waals surface area contributed by atoms with E-state index < -0.39 is 52.6 Å². The van der Waals surface area contributed by atoms with Crippen LogP contribution in [0.1, 0.15) is 65.7 Å². The minimum Gasteiger partial charge on any atom is -0.457 e. The van der Waals surface area contributed by atoms with Crippen molar-refractivity contribution in [1.29, 1.82) is 0 Å². The van der Waals surface area contributed by atoms with Gasteiger partial charge in [0.15, 0.2) is 24.3 Å². The first-order valence-corrected chi connectivity index (χ1v) is 17.3. The Kier molecular flexibility index (Phi) is 9.67. The van der Waals surface area contributed by atoms with E-state index in [9.17, 15) is 29.6 Å². The fraction of sp³-hybridized carbons (Fsp3) is 0.794. The van der Waals surface area contributed by atoms with Gasteiger partial charge in [0, 0.05) is 49.5 Å². The minimum atomic E-state index is -1.33. The fourth-order valence-corrected chi connectivity index (χ4v) is 10.1. The van der Waals surface area contributed by atoms with Gasteiger partial charge in [-0.25, -0.2) is 0 Å². The number of nitrogens with zero attached hydrogens (tertiary/aromatic N) is 3. The second-order valence-corrected chi connectivity index (χ2v) is 14.8. The van der Waals surface area contributed by atoms with E-state index in [2.05, 4.69) is 23.6 Å². The zero-order valence-corrected chi connectivity index (χ0v) is 27.8. The van der Waals surface area contributed by atoms with Gasteiger partial charge in [0.2, 0.25) is 5.78 Å². The highest BCUT2D eigenvalue weighted by atomic mass is 16.9. The molecule has 0 spiro atoms. The average Bonchev–Trinajstić information content (AvgIpc) is 3.51. The molecule has 2 saturated heterocycles. The normalized spacial score (nSPS) is 39.7. The van der Waals surface area contributed by atoms with Gasteiger partial charge in [0.1, 0.15) is 0 Å². The maximum Gasteiger partial charge on any atom is 0.320 e. The van der Waals surface area contributed by atoms with E-state index in [-0.39, 0.29) is 42.5 Å². The highest BCUT2D eigenvalue weighted by Crippen LogP contribution is 2.69. The summed E-state index contributed by atoms with van der Waals surface area (Å²) in [6, 6.07) is 0. The molecule has 260 valence electrons. The molecule has 0 bridgehead atoms. The quantitative estimate of drug-likeness (QED) is 0.141. The van der Waals surface area contributed by atoms with Gasteiger partial charge in [-0.05, 0) is 62.5 Å². The molecule has 2 aliphatic heterocycles. The molecule has 1 N–H and O–H groups in total. The number of aliphatic hydroxyl groups excluding tert-OH is 1. The number of fused-ring (bicyclic) bond motifs is 7. The number of ketones is 2. The topological polar surface area (TPSA) is 158 Å². The van der Waals surface area contributed by atoms with Crippen molar-refractivity contribution in [3.8, 4) is 0 Å². The van der Waals surface area contributed by atoms with E-state index >= 15 is 0 Å². The smallest absolute Gasteiger partial charge is 0.320 e. The number of hydrogen-bond acceptors (Lipinski definition) is 12. The summed E-state index contributed by atoms with van der Waals surface area (Å²) in [7, 11) is 0. The van der Waals surface area contributed by atoms with E-state index in [1.54, 1.807) is 12.2 Å². The molecule has 0 amide bonds. The first kappa shape index (κ1) is 34.2. The number of piperazine rings is 1. The number of aliphatic hydroxyl groups is 1. The number of esters is 1. The van der Waals surface area contributed by atoms with Crippen LogP contribution in [0.4, 0.5) is 0 Å². The molecule has 13 nitrogen and oxygen atoms in total. The van der Waals surface area contributed by atoms with Crippen LogP contribution in [-0.2, 0) is 33.4 Å². The Morgan fingerprint density at radius 1 is 1.19 bits per heavy atom. The fourth-order valence-electron chi connectivity index (χ4n) is 10.1. The number of carbonyl (C=O) groups is 3. The molecule has 0 aromatic carbocycles. The van der Waals surface area contributed by atoms with Gasteiger partial charge >= 0.3 is 5.97 Å². The summed E-state index contributed by atoms with van der Waals surface area (Å²) in [6.45, 7) is 9.30. The minimum absolute atomic E-state index is 0.00970. The first-order chi connectivity index (χ1) is 22.4. The Balaban J connectivity index is 1.11. The zero-order valence-electron chi connectivity index (χ0n) is 27.8. The molecule has 3 saturated carbocycles. The predicted molar refractivity (Wildman–Crippen MR) is 167 cm³/mol. The molecule has 4 aliphatic carbocycles. The third-order valence-corrected chi connectivity index (χ3v) is 12.2. The second kappa shape index (κ2) is 13.3. The molecule has 0 aromatic heterocycles. The Bertz CT molecular complexity index is 1310. The van der Waals surface area contributed by atoms with Gasteiger partial charge in [0.25, 0.3) is 5.09 Å². The molecule has 13 heteroatoms. The van der Waals surface area contributed by atoms with Crippen LogP contribution in [0.5, 0.6) is 0 Å². The maximum absolute atomic E-state index is 14.4. The summed E-state index contributed by atoms with van der Waals surface area (Å²) in [5.41, 5.74) is -1.41. The van der Waals surface area contributed by atoms with Crippen LogP contribution in [0.25, 0.3) is 0 Å². The van der Waals surface area contributed by atoms with Gasteiger partial charge in [-0.15, -0.1) is 10.1 Å². The summed E-state index contributed by atoms with van der Waals surface area (Å²) in [5, 5.41) is 21.4. The lowest BCUT2D eigenvalue weighted by Gasteiger charge is -2.59. The van der Waals surface area contributed by atoms with Crippen LogP contribution in [0.15, 0.2) is 23.8 Å². The Hall–Kier alpha value is -2.71. The van der Waals surface area contributed by atoms with Crippen molar-refractivity contribution in [1.82, 2.24) is 9.80 Å². The number of Topliss-reactive ketones (excluding diaryl/α,β-unsaturated/α-hetero) is 1. The molecule has 0 radical (unpaired) electrons. The first-order valence-electron chi connectivity index (χ1n) is 17.3. The van der Waals surface area contributed by atoms with Gasteiger partial charge < -0.3 is 29.1 Å². The lowest BCUT2D eigenvalue weighted by molar-refractivity contribution is -0.757. The Morgan fingerprint density at radius 3 is 2.66 bits per heavy atom. The van der Waals surface area contributed by atoms with E-state index in [0.717, 1.165) is 24.8 Å². The number of hydrogen-bond donors (Lipinski definition) is 1. The lowest BCUT2D eigenvalue weighted by atomic mass is 9.46. The summed E-state index contributed by atoms with van der Waals surface area (Å²) in [5.74, 6) is -0.727. The molecule has 0 aromatic rings. The highest BCUT2D eigenvalue weighted by Gasteiger charge is 2.75. The van der Waals surface area contributed by atoms with Crippen LogP contribution in [-0.4, -0.2) is 114 Å². The van der Waals surface area contributed by atoms with E-state index in [1.807, 2.05) is 17.9 Å². The average molecular weight is 660 g/mol. The largest absolute Gasteiger partial charge is 0.457 e. The number of rotatable bonds is 12. The van der Waals surface area contributed by atoms with E-state index in [0.29, 0.717) is 58.4 Å². The number of allylic oxidation sites excluding steroid dienone is 4. The molecular formula is C34H49N3O10. The van der Waals surface area contributed by atoms with E-state index in [1.165, 1.54) is 0 Å². The van der Waals surface area contributed by atoms with Crippen molar-refractivity contribution in [2.45, 2.75) is 89.8 Å². The maximum atomic E-state index is 14.4. The number of ether oxygens (including phenoxy) is 3. The summed E-state index contributed by atoms with van der Waals surface area (Å²) in [6.07, 6.45) is 8.15. The third kappa shape index (κ3) is 6.07. The van der Waals surface area contributed by atoms with Gasteiger partial charge in [-0.3, -0.25) is 19.3 Å². The summed E-state index contributed by atoms with van der Waals surface area (Å²) < 4.78 is 18.8. The predicted octanol–water partition coefficient (Wildman–Crippen LogP) is 2.48. The van der Waals surface area contributed by atoms with Crippen molar-refractivity contribution < 1.29 is 43.6 Å². The van der Waals surface area contributed by atoms with Gasteiger partial charge in [-0.2, -0.15) is 0 Å². The molecule has 2 heterocycles. The Morgan fingerprint density at radius 2 is 1.94 bits per heavy atom.